The molecule has 4 nitrogen and oxygen atoms in total. The maximum atomic E-state index is 6.45. The summed E-state index contributed by atoms with van der Waals surface area (Å²) >= 11 is 6.45. The van der Waals surface area contributed by atoms with Crippen molar-refractivity contribution in [3.8, 4) is 11.4 Å². The first kappa shape index (κ1) is 18.1. The molecule has 1 atom stereocenters. The molecule has 146 valence electrons. The summed E-state index contributed by atoms with van der Waals surface area (Å²) in [5, 5.41) is 7.90. The number of pyridine rings is 1. The van der Waals surface area contributed by atoms with E-state index < -0.39 is 0 Å². The van der Waals surface area contributed by atoms with E-state index in [9.17, 15) is 0 Å². The number of rotatable bonds is 2. The largest absolute Gasteiger partial charge is 0.356 e. The molecule has 1 aromatic carbocycles. The van der Waals surface area contributed by atoms with E-state index in [1.54, 1.807) is 0 Å². The lowest BCUT2D eigenvalue weighted by Crippen LogP contribution is -2.24. The Kier molecular flexibility index (Phi) is 4.44. The molecular weight excluding hydrogens is 370 g/mol. The van der Waals surface area contributed by atoms with E-state index in [4.69, 9.17) is 26.4 Å². The van der Waals surface area contributed by atoms with Crippen molar-refractivity contribution in [2.75, 3.05) is 6.61 Å². The summed E-state index contributed by atoms with van der Waals surface area (Å²) in [5.41, 5.74) is 4.63. The molecule has 1 unspecified atom stereocenters. The molecule has 5 heteroatoms. The lowest BCUT2D eigenvalue weighted by atomic mass is 9.76. The van der Waals surface area contributed by atoms with Gasteiger partial charge in [0.1, 0.15) is 5.15 Å². The molecule has 1 saturated heterocycles. The second-order valence-electron chi connectivity index (χ2n) is 8.69. The van der Waals surface area contributed by atoms with Crippen molar-refractivity contribution >= 4 is 22.4 Å². The molecule has 5 rings (SSSR count). The molecule has 0 spiro atoms. The Bertz CT molecular complexity index is 1030. The third-order valence-corrected chi connectivity index (χ3v) is 6.43. The molecular formula is C23H26ClN3O. The first-order valence-electron chi connectivity index (χ1n) is 10.3. The lowest BCUT2D eigenvalue weighted by Gasteiger charge is -2.28. The topological polar surface area (TPSA) is 39.9 Å². The van der Waals surface area contributed by atoms with Crippen LogP contribution in [0.4, 0.5) is 0 Å². The monoisotopic (exact) mass is 395 g/mol. The van der Waals surface area contributed by atoms with E-state index in [-0.39, 0.29) is 11.6 Å². The Labute approximate surface area is 170 Å². The number of halogens is 1. The summed E-state index contributed by atoms with van der Waals surface area (Å²) in [5.74, 6) is 0. The summed E-state index contributed by atoms with van der Waals surface area (Å²) in [6, 6.07) is 10.3. The van der Waals surface area contributed by atoms with Crippen molar-refractivity contribution in [3.63, 3.8) is 0 Å². The van der Waals surface area contributed by atoms with Crippen molar-refractivity contribution in [1.29, 1.82) is 0 Å². The fourth-order valence-electron chi connectivity index (χ4n) is 4.80. The quantitative estimate of drug-likeness (QED) is 0.495. The zero-order valence-corrected chi connectivity index (χ0v) is 17.3. The van der Waals surface area contributed by atoms with Crippen LogP contribution in [-0.4, -0.2) is 21.4 Å². The van der Waals surface area contributed by atoms with Crippen LogP contribution in [0.1, 0.15) is 63.4 Å². The van der Waals surface area contributed by atoms with Gasteiger partial charge in [0.05, 0.1) is 17.1 Å². The van der Waals surface area contributed by atoms with E-state index >= 15 is 0 Å². The smallest absolute Gasteiger partial charge is 0.150 e. The highest BCUT2D eigenvalue weighted by atomic mass is 35.5. The van der Waals surface area contributed by atoms with E-state index in [1.165, 1.54) is 24.1 Å². The maximum Gasteiger partial charge on any atom is 0.150 e. The summed E-state index contributed by atoms with van der Waals surface area (Å²) in [6.45, 7) is 5.40. The van der Waals surface area contributed by atoms with Gasteiger partial charge in [0.15, 0.2) is 6.23 Å². The van der Waals surface area contributed by atoms with E-state index in [2.05, 4.69) is 36.7 Å². The van der Waals surface area contributed by atoms with E-state index in [1.807, 2.05) is 12.1 Å². The molecule has 0 amide bonds. The van der Waals surface area contributed by atoms with Gasteiger partial charge in [-0.1, -0.05) is 49.7 Å². The number of nitrogens with zero attached hydrogens (tertiary/aromatic N) is 3. The van der Waals surface area contributed by atoms with Crippen LogP contribution in [0.15, 0.2) is 30.3 Å². The highest BCUT2D eigenvalue weighted by Gasteiger charge is 2.36. The highest BCUT2D eigenvalue weighted by molar-refractivity contribution is 6.30. The van der Waals surface area contributed by atoms with E-state index in [0.29, 0.717) is 5.15 Å². The first-order chi connectivity index (χ1) is 13.5. The maximum absolute atomic E-state index is 6.45. The summed E-state index contributed by atoms with van der Waals surface area (Å²) in [7, 11) is 0. The summed E-state index contributed by atoms with van der Waals surface area (Å²) in [6.07, 6.45) is 6.62. The molecule has 1 aliphatic carbocycles. The molecule has 0 N–H and O–H groups in total. The van der Waals surface area contributed by atoms with Gasteiger partial charge in [-0.15, -0.1) is 0 Å². The normalized spacial score (nSPS) is 21.6. The number of benzene rings is 1. The Morgan fingerprint density at radius 2 is 2.04 bits per heavy atom. The second-order valence-corrected chi connectivity index (χ2v) is 9.08. The average molecular weight is 396 g/mol. The van der Waals surface area contributed by atoms with Crippen LogP contribution in [0.5, 0.6) is 0 Å². The third kappa shape index (κ3) is 2.94. The molecule has 1 aliphatic heterocycles. The molecule has 0 saturated carbocycles. The predicted octanol–water partition coefficient (Wildman–Crippen LogP) is 6.06. The molecule has 2 aliphatic rings. The van der Waals surface area contributed by atoms with Gasteiger partial charge in [-0.3, -0.25) is 0 Å². The van der Waals surface area contributed by atoms with Gasteiger partial charge < -0.3 is 4.74 Å². The van der Waals surface area contributed by atoms with Gasteiger partial charge in [-0.05, 0) is 50.0 Å². The fourth-order valence-corrected chi connectivity index (χ4v) is 5.00. The van der Waals surface area contributed by atoms with Crippen molar-refractivity contribution in [2.24, 2.45) is 0 Å². The molecule has 0 bridgehead atoms. The molecule has 3 aromatic rings. The third-order valence-electron chi connectivity index (χ3n) is 6.24. The number of aromatic nitrogens is 3. The minimum Gasteiger partial charge on any atom is -0.356 e. The molecule has 0 radical (unpaired) electrons. The Morgan fingerprint density at radius 1 is 1.18 bits per heavy atom. The zero-order chi connectivity index (χ0) is 19.3. The average Bonchev–Trinajstić information content (AvgIpc) is 3.09. The minimum atomic E-state index is -0.0234. The Balaban J connectivity index is 1.80. The zero-order valence-electron chi connectivity index (χ0n) is 16.5. The van der Waals surface area contributed by atoms with Crippen LogP contribution in [0.2, 0.25) is 5.15 Å². The second kappa shape index (κ2) is 6.85. The van der Waals surface area contributed by atoms with Crippen LogP contribution in [0.25, 0.3) is 22.2 Å². The van der Waals surface area contributed by atoms with Gasteiger partial charge in [0.25, 0.3) is 0 Å². The molecule has 28 heavy (non-hydrogen) atoms. The van der Waals surface area contributed by atoms with Crippen LogP contribution in [0, 0.1) is 0 Å². The van der Waals surface area contributed by atoms with Crippen molar-refractivity contribution in [1.82, 2.24) is 14.8 Å². The number of fused-ring (bicyclic) bond motifs is 2. The van der Waals surface area contributed by atoms with Crippen LogP contribution >= 0.6 is 11.6 Å². The van der Waals surface area contributed by atoms with Crippen molar-refractivity contribution in [2.45, 2.75) is 64.0 Å². The summed E-state index contributed by atoms with van der Waals surface area (Å²) in [4.78, 5) is 4.80. The van der Waals surface area contributed by atoms with Crippen LogP contribution in [-0.2, 0) is 16.6 Å². The van der Waals surface area contributed by atoms with Gasteiger partial charge >= 0.3 is 0 Å². The fraction of sp³-hybridized carbons (Fsp3) is 0.478. The van der Waals surface area contributed by atoms with Crippen molar-refractivity contribution < 1.29 is 4.74 Å². The number of hydrogen-bond donors (Lipinski definition) is 0. The Morgan fingerprint density at radius 3 is 2.86 bits per heavy atom. The lowest BCUT2D eigenvalue weighted by molar-refractivity contribution is -0.0387. The predicted molar refractivity (Wildman–Crippen MR) is 113 cm³/mol. The van der Waals surface area contributed by atoms with Gasteiger partial charge in [0.2, 0.25) is 0 Å². The summed E-state index contributed by atoms with van der Waals surface area (Å²) < 4.78 is 8.28. The van der Waals surface area contributed by atoms with Gasteiger partial charge in [-0.2, -0.15) is 5.10 Å². The SMILES string of the molecule is CC1(C)CCCc2c1nn(C1CCCCO1)c2-c1nc(Cl)cc2ccccc12. The van der Waals surface area contributed by atoms with E-state index in [0.717, 1.165) is 54.5 Å². The number of hydrogen-bond acceptors (Lipinski definition) is 3. The molecule has 2 aromatic heterocycles. The van der Waals surface area contributed by atoms with Crippen molar-refractivity contribution in [3.05, 3.63) is 46.7 Å². The Hall–Kier alpha value is -1.91. The highest BCUT2D eigenvalue weighted by Crippen LogP contribution is 2.43. The standard InChI is InChI=1S/C23H26ClN3O/c1-23(2)12-7-10-17-21(27(26-22(17)23)19-11-5-6-13-28-19)20-16-9-4-3-8-15(16)14-18(24)25-20/h3-4,8-9,14,19H,5-7,10-13H2,1-2H3. The van der Waals surface area contributed by atoms with Gasteiger partial charge in [0, 0.05) is 23.0 Å². The number of ether oxygens (including phenoxy) is 1. The molecule has 1 fully saturated rings. The molecule has 3 heterocycles. The van der Waals surface area contributed by atoms with Crippen LogP contribution < -0.4 is 0 Å². The van der Waals surface area contributed by atoms with Crippen LogP contribution in [0.3, 0.4) is 0 Å². The first-order valence-corrected chi connectivity index (χ1v) is 10.7. The minimum absolute atomic E-state index is 0.0234. The van der Waals surface area contributed by atoms with Gasteiger partial charge in [-0.25, -0.2) is 9.67 Å².